The van der Waals surface area contributed by atoms with Gasteiger partial charge in [-0.1, -0.05) is 45.0 Å². The van der Waals surface area contributed by atoms with Gasteiger partial charge < -0.3 is 19.7 Å². The summed E-state index contributed by atoms with van der Waals surface area (Å²) in [5, 5.41) is 19.6. The van der Waals surface area contributed by atoms with Crippen LogP contribution < -0.4 is 9.47 Å². The Morgan fingerprint density at radius 2 is 1.38 bits per heavy atom. The molecule has 4 nitrogen and oxygen atoms in total. The standard InChI is InChI=1S/C23H32O3S.C11H16O.C3H6/c1-7-27-12-8-9-18-10-11-20(21(15-18)25-6)26-23(4,5)19-13-16(2)22(24)17(3)14-19;1-7(2)10-5-8(3)11(12)9(4)6-10;1-3-2/h10-11,13-15,24H,7-9,12H2,1-6H3;5-7,12H,1-4H3;3H,1H2,2H3. The third-order valence-electron chi connectivity index (χ3n) is 6.92. The highest BCUT2D eigenvalue weighted by molar-refractivity contribution is 7.99. The van der Waals surface area contributed by atoms with E-state index in [1.165, 1.54) is 29.1 Å². The van der Waals surface area contributed by atoms with Crippen molar-refractivity contribution >= 4 is 11.8 Å². The molecule has 3 rings (SSSR count). The fourth-order valence-corrected chi connectivity index (χ4v) is 5.07. The van der Waals surface area contributed by atoms with Crippen molar-refractivity contribution in [3.8, 4) is 23.0 Å². The van der Waals surface area contributed by atoms with Crippen molar-refractivity contribution in [2.45, 2.75) is 93.6 Å². The summed E-state index contributed by atoms with van der Waals surface area (Å²) in [6, 6.07) is 14.3. The third kappa shape index (κ3) is 11.3. The Bertz CT molecular complexity index is 1230. The number of thioether (sulfide) groups is 1. The Morgan fingerprint density at radius 1 is 0.881 bits per heavy atom. The van der Waals surface area contributed by atoms with Crippen molar-refractivity contribution in [3.05, 3.63) is 94.1 Å². The quantitative estimate of drug-likeness (QED) is 0.181. The SMILES string of the molecule is C=CC.CCSCCCc1ccc(OC(C)(C)c2cc(C)c(O)c(C)c2)c(OC)c1.Cc1cc(C(C)C)cc(C)c1O. The highest BCUT2D eigenvalue weighted by Crippen LogP contribution is 2.37. The van der Waals surface area contributed by atoms with Crippen molar-refractivity contribution in [3.63, 3.8) is 0 Å². The maximum absolute atomic E-state index is 10.0. The lowest BCUT2D eigenvalue weighted by Crippen LogP contribution is -2.25. The molecule has 0 aliphatic heterocycles. The first-order chi connectivity index (χ1) is 19.7. The van der Waals surface area contributed by atoms with Gasteiger partial charge >= 0.3 is 0 Å². The average Bonchev–Trinajstić information content (AvgIpc) is 2.93. The van der Waals surface area contributed by atoms with Crippen LogP contribution in [0, 0.1) is 27.7 Å². The molecule has 0 heterocycles. The fourth-order valence-electron chi connectivity index (χ4n) is 4.43. The van der Waals surface area contributed by atoms with Gasteiger partial charge in [0.2, 0.25) is 0 Å². The summed E-state index contributed by atoms with van der Waals surface area (Å²) < 4.78 is 11.9. The number of phenolic OH excluding ortho intramolecular Hbond substituents is 2. The van der Waals surface area contributed by atoms with Gasteiger partial charge in [-0.2, -0.15) is 11.8 Å². The van der Waals surface area contributed by atoms with Gasteiger partial charge in [0.1, 0.15) is 17.1 Å². The van der Waals surface area contributed by atoms with Gasteiger partial charge in [0.15, 0.2) is 11.5 Å². The number of phenols is 2. The molecule has 5 heteroatoms. The van der Waals surface area contributed by atoms with Gasteiger partial charge in [0, 0.05) is 0 Å². The minimum absolute atomic E-state index is 0.345. The van der Waals surface area contributed by atoms with Crippen LogP contribution in [0.25, 0.3) is 0 Å². The second-order valence-corrected chi connectivity index (χ2v) is 12.8. The van der Waals surface area contributed by atoms with E-state index in [-0.39, 0.29) is 0 Å². The number of methoxy groups -OCH3 is 1. The van der Waals surface area contributed by atoms with Gasteiger partial charge in [0.05, 0.1) is 7.11 Å². The van der Waals surface area contributed by atoms with Crippen LogP contribution in [0.2, 0.25) is 0 Å². The van der Waals surface area contributed by atoms with E-state index in [1.807, 2.05) is 90.6 Å². The van der Waals surface area contributed by atoms with Crippen molar-refractivity contribution in [2.24, 2.45) is 0 Å². The number of hydrogen-bond acceptors (Lipinski definition) is 5. The van der Waals surface area contributed by atoms with Crippen LogP contribution in [0.3, 0.4) is 0 Å². The number of aromatic hydroxyl groups is 2. The van der Waals surface area contributed by atoms with Gasteiger partial charge in [-0.05, 0) is 142 Å². The second-order valence-electron chi connectivity index (χ2n) is 11.4. The van der Waals surface area contributed by atoms with E-state index >= 15 is 0 Å². The van der Waals surface area contributed by atoms with Crippen LogP contribution in [0.1, 0.15) is 92.8 Å². The van der Waals surface area contributed by atoms with Gasteiger partial charge in [-0.15, -0.1) is 6.58 Å². The van der Waals surface area contributed by atoms with E-state index in [0.29, 0.717) is 17.4 Å². The number of allylic oxidation sites excluding steroid dienone is 1. The molecular weight excluding hydrogens is 540 g/mol. The largest absolute Gasteiger partial charge is 0.507 e. The number of hydrogen-bond donors (Lipinski definition) is 2. The summed E-state index contributed by atoms with van der Waals surface area (Å²) in [4.78, 5) is 0. The summed E-state index contributed by atoms with van der Waals surface area (Å²) in [7, 11) is 1.68. The minimum Gasteiger partial charge on any atom is -0.507 e. The zero-order chi connectivity index (χ0) is 32.0. The van der Waals surface area contributed by atoms with Crippen LogP contribution in [-0.2, 0) is 12.0 Å². The summed E-state index contributed by atoms with van der Waals surface area (Å²) in [5.74, 6) is 5.15. The first kappa shape index (κ1) is 37.0. The highest BCUT2D eigenvalue weighted by Gasteiger charge is 2.26. The summed E-state index contributed by atoms with van der Waals surface area (Å²) in [6.45, 7) is 23.5. The highest BCUT2D eigenvalue weighted by atomic mass is 32.2. The Labute approximate surface area is 260 Å². The maximum Gasteiger partial charge on any atom is 0.162 e. The molecule has 3 aromatic carbocycles. The molecule has 0 aliphatic carbocycles. The fraction of sp³-hybridized carbons (Fsp3) is 0.459. The van der Waals surface area contributed by atoms with Crippen molar-refractivity contribution in [1.29, 1.82) is 0 Å². The van der Waals surface area contributed by atoms with Crippen LogP contribution in [0.5, 0.6) is 23.0 Å². The van der Waals surface area contributed by atoms with Gasteiger partial charge in [0.25, 0.3) is 0 Å². The molecule has 3 aromatic rings. The molecule has 0 amide bonds. The van der Waals surface area contributed by atoms with E-state index in [1.54, 1.807) is 13.2 Å². The van der Waals surface area contributed by atoms with Crippen LogP contribution in [0.4, 0.5) is 0 Å². The summed E-state index contributed by atoms with van der Waals surface area (Å²) in [6.07, 6.45) is 3.96. The Morgan fingerprint density at radius 3 is 1.83 bits per heavy atom. The Balaban J connectivity index is 0.000000487. The van der Waals surface area contributed by atoms with E-state index in [0.717, 1.165) is 45.7 Å². The number of benzene rings is 3. The average molecular weight is 595 g/mol. The molecule has 0 aromatic heterocycles. The predicted molar refractivity (Wildman–Crippen MR) is 183 cm³/mol. The predicted octanol–water partition coefficient (Wildman–Crippen LogP) is 10.3. The monoisotopic (exact) mass is 594 g/mol. The molecule has 0 saturated heterocycles. The number of rotatable bonds is 10. The van der Waals surface area contributed by atoms with Crippen molar-refractivity contribution in [2.75, 3.05) is 18.6 Å². The van der Waals surface area contributed by atoms with E-state index in [9.17, 15) is 10.2 Å². The molecule has 0 unspecified atom stereocenters. The van der Waals surface area contributed by atoms with Crippen LogP contribution in [-0.4, -0.2) is 28.8 Å². The number of ether oxygens (including phenoxy) is 2. The van der Waals surface area contributed by atoms with Gasteiger partial charge in [-0.3, -0.25) is 0 Å². The molecule has 0 aliphatic rings. The zero-order valence-corrected chi connectivity index (χ0v) is 28.7. The van der Waals surface area contributed by atoms with Crippen molar-refractivity contribution in [1.82, 2.24) is 0 Å². The summed E-state index contributed by atoms with van der Waals surface area (Å²) >= 11 is 1.98. The van der Waals surface area contributed by atoms with Crippen LogP contribution >= 0.6 is 11.8 Å². The lowest BCUT2D eigenvalue weighted by Gasteiger charge is -2.29. The molecule has 2 N–H and O–H groups in total. The first-order valence-electron chi connectivity index (χ1n) is 14.8. The molecule has 0 spiro atoms. The van der Waals surface area contributed by atoms with E-state index in [2.05, 4.69) is 39.5 Å². The topological polar surface area (TPSA) is 58.9 Å². The smallest absolute Gasteiger partial charge is 0.162 e. The minimum atomic E-state index is -0.546. The number of aryl methyl sites for hydroxylation is 5. The first-order valence-corrected chi connectivity index (χ1v) is 16.0. The molecule has 0 radical (unpaired) electrons. The second kappa shape index (κ2) is 17.8. The third-order valence-corrected chi connectivity index (χ3v) is 7.90. The molecule has 0 bridgehead atoms. The molecule has 42 heavy (non-hydrogen) atoms. The molecule has 0 atom stereocenters. The molecule has 0 fully saturated rings. The van der Waals surface area contributed by atoms with E-state index < -0.39 is 5.60 Å². The maximum atomic E-state index is 10.0. The normalized spacial score (nSPS) is 10.8. The van der Waals surface area contributed by atoms with Crippen LogP contribution in [0.15, 0.2) is 55.1 Å². The molecule has 0 saturated carbocycles. The lowest BCUT2D eigenvalue weighted by atomic mass is 9.93. The Kier molecular flexibility index (Phi) is 15.7. The molecular formula is C37H54O4S. The summed E-state index contributed by atoms with van der Waals surface area (Å²) in [5.41, 5.74) is 6.70. The van der Waals surface area contributed by atoms with Crippen molar-refractivity contribution < 1.29 is 19.7 Å². The Hall–Kier alpha value is -3.05. The lowest BCUT2D eigenvalue weighted by molar-refractivity contribution is 0.104. The zero-order valence-electron chi connectivity index (χ0n) is 27.9. The van der Waals surface area contributed by atoms with Gasteiger partial charge in [-0.25, -0.2) is 0 Å². The molecule has 232 valence electrons. The van der Waals surface area contributed by atoms with E-state index in [4.69, 9.17) is 9.47 Å².